The fourth-order valence-corrected chi connectivity index (χ4v) is 2.44. The molecule has 1 fully saturated rings. The molecule has 0 aromatic heterocycles. The Morgan fingerprint density at radius 3 is 2.53 bits per heavy atom. The lowest BCUT2D eigenvalue weighted by atomic mass is 9.98. The third-order valence-electron chi connectivity index (χ3n) is 3.56. The van der Waals surface area contributed by atoms with Crippen LogP contribution in [-0.4, -0.2) is 25.3 Å². The van der Waals surface area contributed by atoms with Gasteiger partial charge in [0.05, 0.1) is 13.0 Å². The molecule has 0 saturated carbocycles. The number of hydrogen-bond acceptors (Lipinski definition) is 3. The molecular weight excluding hydrogens is 242 g/mol. The first-order valence-electron chi connectivity index (χ1n) is 6.59. The van der Waals surface area contributed by atoms with Crippen LogP contribution in [-0.2, 0) is 9.59 Å². The Labute approximate surface area is 113 Å². The number of rotatable bonds is 3. The average Bonchev–Trinajstić information content (AvgIpc) is 2.61. The van der Waals surface area contributed by atoms with Crippen LogP contribution in [0.3, 0.4) is 0 Å². The average molecular weight is 261 g/mol. The first-order valence-corrected chi connectivity index (χ1v) is 6.59. The van der Waals surface area contributed by atoms with E-state index >= 15 is 0 Å². The third kappa shape index (κ3) is 2.95. The molecule has 4 nitrogen and oxygen atoms in total. The molecule has 1 aliphatic rings. The van der Waals surface area contributed by atoms with E-state index in [0.29, 0.717) is 13.0 Å². The van der Waals surface area contributed by atoms with Crippen LogP contribution in [0.5, 0.6) is 5.75 Å². The van der Waals surface area contributed by atoms with Gasteiger partial charge in [0.1, 0.15) is 11.5 Å². The summed E-state index contributed by atoms with van der Waals surface area (Å²) in [6, 6.07) is 7.38. The number of anilines is 1. The fourth-order valence-electron chi connectivity index (χ4n) is 2.44. The van der Waals surface area contributed by atoms with Crippen LogP contribution in [0.15, 0.2) is 24.3 Å². The van der Waals surface area contributed by atoms with E-state index in [1.165, 1.54) is 6.92 Å². The zero-order chi connectivity index (χ0) is 13.8. The maximum absolute atomic E-state index is 12.4. The van der Waals surface area contributed by atoms with Crippen LogP contribution in [0.1, 0.15) is 26.2 Å². The second-order valence-electron chi connectivity index (χ2n) is 4.85. The van der Waals surface area contributed by atoms with Crippen molar-refractivity contribution in [3.8, 4) is 5.75 Å². The number of carbonyl (C=O) groups is 2. The number of amides is 1. The van der Waals surface area contributed by atoms with E-state index in [2.05, 4.69) is 0 Å². The van der Waals surface area contributed by atoms with E-state index in [9.17, 15) is 9.59 Å². The largest absolute Gasteiger partial charge is 0.497 e. The summed E-state index contributed by atoms with van der Waals surface area (Å²) in [4.78, 5) is 25.7. The number of carbonyl (C=O) groups excluding carboxylic acids is 2. The van der Waals surface area contributed by atoms with Crippen molar-refractivity contribution in [1.82, 2.24) is 0 Å². The third-order valence-corrected chi connectivity index (χ3v) is 3.56. The van der Waals surface area contributed by atoms with Crippen molar-refractivity contribution in [3.05, 3.63) is 24.3 Å². The molecule has 1 aromatic carbocycles. The smallest absolute Gasteiger partial charge is 0.237 e. The van der Waals surface area contributed by atoms with Crippen LogP contribution in [0.4, 0.5) is 5.69 Å². The van der Waals surface area contributed by atoms with Gasteiger partial charge in [-0.2, -0.15) is 0 Å². The SMILES string of the molecule is COc1ccc(N2CCCCC(C(C)=O)C2=O)cc1. The van der Waals surface area contributed by atoms with E-state index < -0.39 is 5.92 Å². The monoisotopic (exact) mass is 261 g/mol. The van der Waals surface area contributed by atoms with E-state index in [1.807, 2.05) is 24.3 Å². The highest BCUT2D eigenvalue weighted by Gasteiger charge is 2.30. The minimum atomic E-state index is -0.482. The number of ether oxygens (including phenoxy) is 1. The molecule has 2 rings (SSSR count). The molecule has 0 spiro atoms. The van der Waals surface area contributed by atoms with Crippen molar-refractivity contribution in [2.75, 3.05) is 18.6 Å². The van der Waals surface area contributed by atoms with Crippen molar-refractivity contribution in [3.63, 3.8) is 0 Å². The van der Waals surface area contributed by atoms with Crippen molar-refractivity contribution >= 4 is 17.4 Å². The van der Waals surface area contributed by atoms with Crippen LogP contribution < -0.4 is 9.64 Å². The number of hydrogen-bond donors (Lipinski definition) is 0. The van der Waals surface area contributed by atoms with E-state index in [1.54, 1.807) is 12.0 Å². The molecular formula is C15H19NO3. The van der Waals surface area contributed by atoms with E-state index in [0.717, 1.165) is 24.3 Å². The highest BCUT2D eigenvalue weighted by molar-refractivity contribution is 6.07. The number of Topliss-reactive ketones (excluding diaryl/α,β-unsaturated/α-hetero) is 1. The Morgan fingerprint density at radius 2 is 1.95 bits per heavy atom. The molecule has 0 N–H and O–H groups in total. The fraction of sp³-hybridized carbons (Fsp3) is 0.467. The molecule has 1 aromatic rings. The molecule has 0 aliphatic carbocycles. The van der Waals surface area contributed by atoms with Gasteiger partial charge in [0.15, 0.2) is 0 Å². The van der Waals surface area contributed by atoms with Crippen LogP contribution in [0, 0.1) is 5.92 Å². The van der Waals surface area contributed by atoms with Gasteiger partial charge in [0.2, 0.25) is 5.91 Å². The minimum absolute atomic E-state index is 0.0367. The van der Waals surface area contributed by atoms with Crippen molar-refractivity contribution in [2.24, 2.45) is 5.92 Å². The first-order chi connectivity index (χ1) is 9.13. The van der Waals surface area contributed by atoms with E-state index in [4.69, 9.17) is 4.74 Å². The number of ketones is 1. The lowest BCUT2D eigenvalue weighted by Crippen LogP contribution is -2.37. The first kappa shape index (κ1) is 13.6. The second kappa shape index (κ2) is 5.87. The molecule has 1 unspecified atom stereocenters. The Bertz CT molecular complexity index is 467. The van der Waals surface area contributed by atoms with Gasteiger partial charge in [0.25, 0.3) is 0 Å². The molecule has 0 bridgehead atoms. The predicted molar refractivity (Wildman–Crippen MR) is 73.4 cm³/mol. The summed E-state index contributed by atoms with van der Waals surface area (Å²) in [5, 5.41) is 0. The second-order valence-corrected chi connectivity index (χ2v) is 4.85. The van der Waals surface area contributed by atoms with Gasteiger partial charge in [-0.3, -0.25) is 9.59 Å². The molecule has 19 heavy (non-hydrogen) atoms. The van der Waals surface area contributed by atoms with E-state index in [-0.39, 0.29) is 11.7 Å². The summed E-state index contributed by atoms with van der Waals surface area (Å²) in [5.74, 6) is 0.166. The quantitative estimate of drug-likeness (QED) is 0.785. The Morgan fingerprint density at radius 1 is 1.26 bits per heavy atom. The van der Waals surface area contributed by atoms with Crippen LogP contribution in [0.2, 0.25) is 0 Å². The Balaban J connectivity index is 2.25. The normalized spacial score (nSPS) is 20.0. The highest BCUT2D eigenvalue weighted by Crippen LogP contribution is 2.26. The van der Waals surface area contributed by atoms with Crippen LogP contribution >= 0.6 is 0 Å². The molecule has 1 atom stereocenters. The maximum atomic E-state index is 12.4. The lowest BCUT2D eigenvalue weighted by Gasteiger charge is -2.23. The maximum Gasteiger partial charge on any atom is 0.237 e. The molecule has 1 amide bonds. The molecule has 4 heteroatoms. The van der Waals surface area contributed by atoms with Gasteiger partial charge in [0, 0.05) is 12.2 Å². The van der Waals surface area contributed by atoms with Gasteiger partial charge in [-0.15, -0.1) is 0 Å². The molecule has 1 saturated heterocycles. The molecule has 1 heterocycles. The summed E-state index contributed by atoms with van der Waals surface area (Å²) in [7, 11) is 1.61. The molecule has 102 valence electrons. The topological polar surface area (TPSA) is 46.6 Å². The highest BCUT2D eigenvalue weighted by atomic mass is 16.5. The summed E-state index contributed by atoms with van der Waals surface area (Å²) in [5.41, 5.74) is 0.832. The molecule has 0 radical (unpaired) electrons. The minimum Gasteiger partial charge on any atom is -0.497 e. The van der Waals surface area contributed by atoms with Gasteiger partial charge in [-0.25, -0.2) is 0 Å². The predicted octanol–water partition coefficient (Wildman–Crippen LogP) is 2.42. The summed E-state index contributed by atoms with van der Waals surface area (Å²) in [6.45, 7) is 2.18. The Kier molecular flexibility index (Phi) is 4.20. The zero-order valence-electron chi connectivity index (χ0n) is 11.4. The Hall–Kier alpha value is -1.84. The van der Waals surface area contributed by atoms with Gasteiger partial charge >= 0.3 is 0 Å². The van der Waals surface area contributed by atoms with Crippen molar-refractivity contribution in [1.29, 1.82) is 0 Å². The van der Waals surface area contributed by atoms with Crippen LogP contribution in [0.25, 0.3) is 0 Å². The van der Waals surface area contributed by atoms with Crippen molar-refractivity contribution < 1.29 is 14.3 Å². The number of methoxy groups -OCH3 is 1. The summed E-state index contributed by atoms with van der Waals surface area (Å²) >= 11 is 0. The summed E-state index contributed by atoms with van der Waals surface area (Å²) in [6.07, 6.45) is 2.52. The zero-order valence-corrected chi connectivity index (χ0v) is 11.4. The lowest BCUT2D eigenvalue weighted by molar-refractivity contribution is -0.131. The standard InChI is InChI=1S/C15H19NO3/c1-11(17)14-5-3-4-10-16(15(14)18)12-6-8-13(19-2)9-7-12/h6-9,14H,3-5,10H2,1-2H3. The van der Waals surface area contributed by atoms with Gasteiger partial charge in [-0.05, 0) is 44.0 Å². The summed E-state index contributed by atoms with van der Waals surface area (Å²) < 4.78 is 5.11. The number of benzene rings is 1. The molecule has 1 aliphatic heterocycles. The number of nitrogens with zero attached hydrogens (tertiary/aromatic N) is 1. The van der Waals surface area contributed by atoms with Gasteiger partial charge in [-0.1, -0.05) is 6.42 Å². The van der Waals surface area contributed by atoms with Gasteiger partial charge < -0.3 is 9.64 Å². The van der Waals surface area contributed by atoms with Crippen molar-refractivity contribution in [2.45, 2.75) is 26.2 Å².